The average Bonchev–Trinajstić information content (AvgIpc) is 2.44. The Balaban J connectivity index is 3.87. The SMILES string of the molecule is C=C(CCC=C(C)CCC=C(C)CCC=C(C)C)COCC. The van der Waals surface area contributed by atoms with E-state index in [2.05, 4.69) is 52.5 Å². The van der Waals surface area contributed by atoms with Crippen LogP contribution in [-0.2, 0) is 4.74 Å². The van der Waals surface area contributed by atoms with E-state index in [-0.39, 0.29) is 0 Å². The summed E-state index contributed by atoms with van der Waals surface area (Å²) in [5.74, 6) is 0. The van der Waals surface area contributed by atoms with Crippen molar-refractivity contribution in [2.45, 2.75) is 73.1 Å². The highest BCUT2D eigenvalue weighted by Gasteiger charge is 1.95. The highest BCUT2D eigenvalue weighted by Crippen LogP contribution is 2.13. The van der Waals surface area contributed by atoms with Crippen molar-refractivity contribution in [3.8, 4) is 0 Å². The second-order valence-electron chi connectivity index (χ2n) is 6.39. The Morgan fingerprint density at radius 1 is 0.818 bits per heavy atom. The monoisotopic (exact) mass is 304 g/mol. The van der Waals surface area contributed by atoms with E-state index in [1.54, 1.807) is 0 Å². The van der Waals surface area contributed by atoms with Crippen LogP contribution in [0.4, 0.5) is 0 Å². The third kappa shape index (κ3) is 13.9. The van der Waals surface area contributed by atoms with Crippen LogP contribution in [-0.4, -0.2) is 13.2 Å². The molecule has 0 aliphatic rings. The van der Waals surface area contributed by atoms with Gasteiger partial charge in [0.05, 0.1) is 6.61 Å². The van der Waals surface area contributed by atoms with E-state index >= 15 is 0 Å². The van der Waals surface area contributed by atoms with Gasteiger partial charge in [-0.2, -0.15) is 0 Å². The lowest BCUT2D eigenvalue weighted by Gasteiger charge is -2.04. The van der Waals surface area contributed by atoms with Gasteiger partial charge in [0.15, 0.2) is 0 Å². The fourth-order valence-electron chi connectivity index (χ4n) is 2.18. The van der Waals surface area contributed by atoms with E-state index in [0.29, 0.717) is 6.61 Å². The van der Waals surface area contributed by atoms with Crippen LogP contribution in [0.25, 0.3) is 0 Å². The fourth-order valence-corrected chi connectivity index (χ4v) is 2.18. The van der Waals surface area contributed by atoms with E-state index in [4.69, 9.17) is 4.74 Å². The first kappa shape index (κ1) is 20.9. The second-order valence-corrected chi connectivity index (χ2v) is 6.39. The van der Waals surface area contributed by atoms with E-state index in [1.807, 2.05) is 6.92 Å². The molecule has 0 aromatic carbocycles. The van der Waals surface area contributed by atoms with E-state index in [1.165, 1.54) is 35.1 Å². The lowest BCUT2D eigenvalue weighted by Crippen LogP contribution is -1.96. The molecule has 0 heterocycles. The van der Waals surface area contributed by atoms with Crippen molar-refractivity contribution < 1.29 is 4.74 Å². The Morgan fingerprint density at radius 3 is 1.82 bits per heavy atom. The predicted octanol–water partition coefficient (Wildman–Crippen LogP) is 6.78. The first-order valence-corrected chi connectivity index (χ1v) is 8.64. The molecule has 0 saturated carbocycles. The number of hydrogen-bond acceptors (Lipinski definition) is 1. The molecule has 0 aromatic rings. The summed E-state index contributed by atoms with van der Waals surface area (Å²) in [5.41, 5.74) is 5.60. The van der Waals surface area contributed by atoms with Crippen LogP contribution >= 0.6 is 0 Å². The summed E-state index contributed by atoms with van der Waals surface area (Å²) in [5, 5.41) is 0. The minimum absolute atomic E-state index is 0.705. The van der Waals surface area contributed by atoms with Gasteiger partial charge in [-0.1, -0.05) is 47.1 Å². The molecule has 0 spiro atoms. The Labute approximate surface area is 138 Å². The molecule has 0 aliphatic carbocycles. The number of rotatable bonds is 12. The molecule has 22 heavy (non-hydrogen) atoms. The van der Waals surface area contributed by atoms with Gasteiger partial charge in [0.25, 0.3) is 0 Å². The van der Waals surface area contributed by atoms with Gasteiger partial charge in [-0.3, -0.25) is 0 Å². The van der Waals surface area contributed by atoms with Gasteiger partial charge >= 0.3 is 0 Å². The fraction of sp³-hybridized carbons (Fsp3) is 0.619. The zero-order chi connectivity index (χ0) is 16.8. The first-order valence-electron chi connectivity index (χ1n) is 8.64. The molecule has 0 unspecified atom stereocenters. The van der Waals surface area contributed by atoms with Gasteiger partial charge in [-0.15, -0.1) is 0 Å². The molecule has 0 amide bonds. The van der Waals surface area contributed by atoms with Crippen LogP contribution in [0.5, 0.6) is 0 Å². The summed E-state index contributed by atoms with van der Waals surface area (Å²) in [6.45, 7) is 16.3. The van der Waals surface area contributed by atoms with E-state index in [9.17, 15) is 0 Å². The van der Waals surface area contributed by atoms with Crippen LogP contribution in [0.2, 0.25) is 0 Å². The lowest BCUT2D eigenvalue weighted by atomic mass is 10.0. The minimum atomic E-state index is 0.705. The van der Waals surface area contributed by atoms with Crippen LogP contribution in [0.3, 0.4) is 0 Å². The van der Waals surface area contributed by atoms with Crippen molar-refractivity contribution in [1.82, 2.24) is 0 Å². The standard InChI is InChI=1S/C21H36O/c1-7-22-17-21(6)16-10-15-20(5)14-9-13-19(4)12-8-11-18(2)3/h11,13,15H,6-10,12,14,16-17H2,1-5H3. The van der Waals surface area contributed by atoms with Crippen molar-refractivity contribution in [2.24, 2.45) is 0 Å². The van der Waals surface area contributed by atoms with Crippen LogP contribution < -0.4 is 0 Å². The molecule has 0 radical (unpaired) electrons. The summed E-state index contributed by atoms with van der Waals surface area (Å²) in [4.78, 5) is 0. The third-order valence-electron chi connectivity index (χ3n) is 3.62. The second kappa shape index (κ2) is 13.6. The van der Waals surface area contributed by atoms with Crippen molar-refractivity contribution in [2.75, 3.05) is 13.2 Å². The van der Waals surface area contributed by atoms with Gasteiger partial charge in [0.1, 0.15) is 0 Å². The van der Waals surface area contributed by atoms with Crippen molar-refractivity contribution in [3.63, 3.8) is 0 Å². The maximum atomic E-state index is 5.36. The van der Waals surface area contributed by atoms with Gasteiger partial charge < -0.3 is 4.74 Å². The molecule has 1 heteroatoms. The molecule has 0 fully saturated rings. The van der Waals surface area contributed by atoms with Gasteiger partial charge in [-0.25, -0.2) is 0 Å². The van der Waals surface area contributed by atoms with E-state index in [0.717, 1.165) is 32.3 Å². The summed E-state index contributed by atoms with van der Waals surface area (Å²) in [6, 6.07) is 0. The molecular formula is C21H36O. The Bertz CT molecular complexity index is 392. The van der Waals surface area contributed by atoms with Crippen molar-refractivity contribution in [3.05, 3.63) is 47.1 Å². The maximum absolute atomic E-state index is 5.36. The molecule has 0 saturated heterocycles. The van der Waals surface area contributed by atoms with E-state index < -0.39 is 0 Å². The lowest BCUT2D eigenvalue weighted by molar-refractivity contribution is 0.169. The average molecular weight is 305 g/mol. The highest BCUT2D eigenvalue weighted by atomic mass is 16.5. The zero-order valence-electron chi connectivity index (χ0n) is 15.5. The maximum Gasteiger partial charge on any atom is 0.0674 e. The van der Waals surface area contributed by atoms with Gasteiger partial charge in [0.2, 0.25) is 0 Å². The normalized spacial score (nSPS) is 12.4. The molecule has 0 rings (SSSR count). The minimum Gasteiger partial charge on any atom is -0.377 e. The zero-order valence-corrected chi connectivity index (χ0v) is 15.5. The highest BCUT2D eigenvalue weighted by molar-refractivity contribution is 5.06. The predicted molar refractivity (Wildman–Crippen MR) is 100 cm³/mol. The molecule has 126 valence electrons. The smallest absolute Gasteiger partial charge is 0.0674 e. The number of hydrogen-bond donors (Lipinski definition) is 0. The molecule has 0 bridgehead atoms. The Morgan fingerprint density at radius 2 is 1.32 bits per heavy atom. The molecular weight excluding hydrogens is 268 g/mol. The molecule has 1 nitrogen and oxygen atoms in total. The summed E-state index contributed by atoms with van der Waals surface area (Å²) in [6.07, 6.45) is 13.9. The first-order chi connectivity index (χ1) is 10.5. The van der Waals surface area contributed by atoms with Crippen LogP contribution in [0.1, 0.15) is 73.1 Å². The molecule has 0 atom stereocenters. The van der Waals surface area contributed by atoms with Gasteiger partial charge in [-0.05, 0) is 73.1 Å². The Hall–Kier alpha value is -1.08. The third-order valence-corrected chi connectivity index (χ3v) is 3.62. The van der Waals surface area contributed by atoms with Crippen LogP contribution in [0, 0.1) is 0 Å². The van der Waals surface area contributed by atoms with Crippen LogP contribution in [0.15, 0.2) is 47.1 Å². The summed E-state index contributed by atoms with van der Waals surface area (Å²) < 4.78 is 5.36. The molecule has 0 aromatic heterocycles. The topological polar surface area (TPSA) is 9.23 Å². The summed E-state index contributed by atoms with van der Waals surface area (Å²) >= 11 is 0. The molecule has 0 aliphatic heterocycles. The van der Waals surface area contributed by atoms with Crippen molar-refractivity contribution >= 4 is 0 Å². The number of allylic oxidation sites excluding steroid dienone is 6. The molecule has 0 N–H and O–H groups in total. The van der Waals surface area contributed by atoms with Gasteiger partial charge in [0, 0.05) is 6.61 Å². The largest absolute Gasteiger partial charge is 0.377 e. The summed E-state index contributed by atoms with van der Waals surface area (Å²) in [7, 11) is 0. The van der Waals surface area contributed by atoms with Crippen molar-refractivity contribution in [1.29, 1.82) is 0 Å². The quantitative estimate of drug-likeness (QED) is 0.361. The Kier molecular flexibility index (Phi) is 12.9. The number of ether oxygens (including phenoxy) is 1.